The highest BCUT2D eigenvalue weighted by Crippen LogP contribution is 2.45. The Kier molecular flexibility index (Phi) is 68.4. The normalized spacial score (nSPS) is 14.0. The van der Waals surface area contributed by atoms with Gasteiger partial charge in [-0.2, -0.15) is 0 Å². The lowest BCUT2D eigenvalue weighted by Crippen LogP contribution is -2.30. The van der Waals surface area contributed by atoms with Crippen LogP contribution in [0.15, 0.2) is 0 Å². The SMILES string of the molecule is CCCCCCCCCCCCCCCCCCCCC(=O)OC[C@H](COP(=O)(O)OC[C@@H](O)COP(=O)(O)OC[C@@H](COC(=O)CCCCCCCCCCC)OC(=O)CCCCCCCCCCC(C)C)OC(=O)CCCCCCCCCCCCCCCCCCC(C)C. The highest BCUT2D eigenvalue weighted by atomic mass is 31.2. The number of aliphatic hydroxyl groups is 1. The molecule has 3 N–H and O–H groups in total. The maximum atomic E-state index is 13.1. The van der Waals surface area contributed by atoms with Crippen molar-refractivity contribution in [2.75, 3.05) is 39.6 Å². The monoisotopic (exact) mass is 1420 g/mol. The molecule has 0 aromatic carbocycles. The molecule has 0 fully saturated rings. The molecular formula is C78H152O17P2. The number of hydrogen-bond donors (Lipinski definition) is 3. The average molecular weight is 1420 g/mol. The zero-order valence-corrected chi connectivity index (χ0v) is 65.2. The summed E-state index contributed by atoms with van der Waals surface area (Å²) in [5.41, 5.74) is 0. The number of phosphoric ester groups is 2. The molecule has 0 aromatic heterocycles. The van der Waals surface area contributed by atoms with Gasteiger partial charge in [0.25, 0.3) is 0 Å². The van der Waals surface area contributed by atoms with Crippen LogP contribution < -0.4 is 0 Å². The van der Waals surface area contributed by atoms with Crippen LogP contribution in [0.4, 0.5) is 0 Å². The molecule has 0 aliphatic heterocycles. The molecule has 0 amide bonds. The first kappa shape index (κ1) is 95.1. The maximum absolute atomic E-state index is 13.1. The molecule has 97 heavy (non-hydrogen) atoms. The molecule has 0 heterocycles. The third-order valence-electron chi connectivity index (χ3n) is 18.2. The standard InChI is InChI=1S/C78H152O17P2/c1-7-9-11-13-15-17-18-19-20-21-22-26-29-32-36-43-49-55-61-76(81)89-67-73(94-77(82)62-56-50-44-37-33-30-27-24-23-25-28-31-35-40-46-52-58-70(3)4)68-92-96(84,85)90-64-72(79)65-91-97(86,87)93-69-74(66-88-75(80)60-54-48-42-34-16-14-12-10-8-2)95-78(83)63-57-51-45-39-38-41-47-53-59-71(5)6/h70-74,79H,7-69H2,1-6H3,(H,84,85)(H,86,87)/t72-,73-,74-/m1/s1. The number of phosphoric acid groups is 2. The summed E-state index contributed by atoms with van der Waals surface area (Å²) < 4.78 is 68.5. The number of hydrogen-bond acceptors (Lipinski definition) is 15. The van der Waals surface area contributed by atoms with Crippen LogP contribution in [-0.2, 0) is 65.4 Å². The van der Waals surface area contributed by atoms with Gasteiger partial charge in [-0.25, -0.2) is 9.13 Å². The number of aliphatic hydroxyl groups excluding tert-OH is 1. The van der Waals surface area contributed by atoms with Gasteiger partial charge in [0, 0.05) is 25.7 Å². The lowest BCUT2D eigenvalue weighted by Gasteiger charge is -2.21. The number of rotatable bonds is 77. The van der Waals surface area contributed by atoms with Gasteiger partial charge in [-0.05, 0) is 37.5 Å². The first-order chi connectivity index (χ1) is 46.9. The van der Waals surface area contributed by atoms with E-state index in [1.54, 1.807) is 0 Å². The van der Waals surface area contributed by atoms with Crippen LogP contribution >= 0.6 is 15.6 Å². The van der Waals surface area contributed by atoms with Crippen molar-refractivity contribution < 1.29 is 80.2 Å². The van der Waals surface area contributed by atoms with Crippen molar-refractivity contribution in [1.29, 1.82) is 0 Å². The molecule has 576 valence electrons. The molecule has 2 unspecified atom stereocenters. The number of carbonyl (C=O) groups is 4. The zero-order valence-electron chi connectivity index (χ0n) is 63.4. The van der Waals surface area contributed by atoms with Gasteiger partial charge in [-0.1, -0.05) is 356 Å². The van der Waals surface area contributed by atoms with Gasteiger partial charge >= 0.3 is 39.5 Å². The molecule has 0 aliphatic rings. The lowest BCUT2D eigenvalue weighted by molar-refractivity contribution is -0.161. The van der Waals surface area contributed by atoms with Gasteiger partial charge in [0.15, 0.2) is 12.2 Å². The number of ether oxygens (including phenoxy) is 4. The minimum atomic E-state index is -4.96. The topological polar surface area (TPSA) is 237 Å². The second kappa shape index (κ2) is 69.8. The molecule has 0 rings (SSSR count). The Hall–Kier alpha value is -1.94. The molecule has 17 nitrogen and oxygen atoms in total. The fourth-order valence-corrected chi connectivity index (χ4v) is 13.6. The van der Waals surface area contributed by atoms with Crippen molar-refractivity contribution in [1.82, 2.24) is 0 Å². The van der Waals surface area contributed by atoms with Crippen molar-refractivity contribution in [2.45, 2.75) is 426 Å². The second-order valence-electron chi connectivity index (χ2n) is 29.1. The van der Waals surface area contributed by atoms with Crippen LogP contribution in [0.25, 0.3) is 0 Å². The van der Waals surface area contributed by atoms with E-state index in [2.05, 4.69) is 41.5 Å². The van der Waals surface area contributed by atoms with E-state index in [1.807, 2.05) is 0 Å². The van der Waals surface area contributed by atoms with Crippen molar-refractivity contribution in [2.24, 2.45) is 11.8 Å². The Morgan fingerprint density at radius 3 is 0.701 bits per heavy atom. The molecule has 0 saturated carbocycles. The summed E-state index contributed by atoms with van der Waals surface area (Å²) >= 11 is 0. The van der Waals surface area contributed by atoms with Gasteiger partial charge < -0.3 is 33.8 Å². The largest absolute Gasteiger partial charge is 0.472 e. The van der Waals surface area contributed by atoms with E-state index in [0.717, 1.165) is 102 Å². The van der Waals surface area contributed by atoms with Crippen molar-refractivity contribution in [3.63, 3.8) is 0 Å². The highest BCUT2D eigenvalue weighted by molar-refractivity contribution is 7.47. The molecular weight excluding hydrogens is 1270 g/mol. The Labute approximate surface area is 594 Å². The first-order valence-corrected chi connectivity index (χ1v) is 43.5. The number of carbonyl (C=O) groups excluding carboxylic acids is 4. The van der Waals surface area contributed by atoms with E-state index in [-0.39, 0.29) is 25.7 Å². The summed E-state index contributed by atoms with van der Waals surface area (Å²) in [6.45, 7) is 9.58. The quantitative estimate of drug-likeness (QED) is 0.0222. The predicted molar refractivity (Wildman–Crippen MR) is 395 cm³/mol. The van der Waals surface area contributed by atoms with Gasteiger partial charge in [-0.3, -0.25) is 37.3 Å². The average Bonchev–Trinajstić information content (AvgIpc) is 0.979. The smallest absolute Gasteiger partial charge is 0.462 e. The van der Waals surface area contributed by atoms with E-state index < -0.39 is 97.5 Å². The third-order valence-corrected chi connectivity index (χ3v) is 20.1. The minimum absolute atomic E-state index is 0.105. The van der Waals surface area contributed by atoms with Crippen LogP contribution in [0.2, 0.25) is 0 Å². The van der Waals surface area contributed by atoms with Crippen molar-refractivity contribution in [3.05, 3.63) is 0 Å². The summed E-state index contributed by atoms with van der Waals surface area (Å²) in [6, 6.07) is 0. The van der Waals surface area contributed by atoms with E-state index in [9.17, 15) is 43.2 Å². The van der Waals surface area contributed by atoms with Gasteiger partial charge in [0.05, 0.1) is 26.4 Å². The number of unbranched alkanes of at least 4 members (excludes halogenated alkanes) is 47. The molecule has 0 radical (unpaired) electrons. The summed E-state index contributed by atoms with van der Waals surface area (Å²) in [5.74, 6) is -0.588. The van der Waals surface area contributed by atoms with Crippen LogP contribution in [-0.4, -0.2) is 96.7 Å². The summed E-state index contributed by atoms with van der Waals surface area (Å²) in [5, 5.41) is 10.6. The molecule has 0 aromatic rings. The van der Waals surface area contributed by atoms with E-state index in [0.29, 0.717) is 25.7 Å². The predicted octanol–water partition coefficient (Wildman–Crippen LogP) is 23.1. The second-order valence-corrected chi connectivity index (χ2v) is 32.0. The Morgan fingerprint density at radius 2 is 0.474 bits per heavy atom. The Bertz CT molecular complexity index is 1870. The summed E-state index contributed by atoms with van der Waals surface area (Å²) in [7, 11) is -9.91. The van der Waals surface area contributed by atoms with Crippen LogP contribution in [0, 0.1) is 11.8 Å². The summed E-state index contributed by atoms with van der Waals surface area (Å²) in [6.07, 6.45) is 58.4. The fourth-order valence-electron chi connectivity index (χ4n) is 12.0. The number of esters is 4. The Morgan fingerprint density at radius 1 is 0.278 bits per heavy atom. The molecule has 19 heteroatoms. The van der Waals surface area contributed by atoms with E-state index in [4.69, 9.17) is 37.0 Å². The van der Waals surface area contributed by atoms with E-state index in [1.165, 1.54) is 225 Å². The highest BCUT2D eigenvalue weighted by Gasteiger charge is 2.30. The van der Waals surface area contributed by atoms with Gasteiger partial charge in [0.2, 0.25) is 0 Å². The fraction of sp³-hybridized carbons (Fsp3) is 0.949. The maximum Gasteiger partial charge on any atom is 0.472 e. The van der Waals surface area contributed by atoms with E-state index >= 15 is 0 Å². The zero-order chi connectivity index (χ0) is 71.4. The minimum Gasteiger partial charge on any atom is -0.462 e. The molecule has 0 spiro atoms. The molecule has 5 atom stereocenters. The molecule has 0 bridgehead atoms. The van der Waals surface area contributed by atoms with Gasteiger partial charge in [0.1, 0.15) is 19.3 Å². The first-order valence-electron chi connectivity index (χ1n) is 40.5. The van der Waals surface area contributed by atoms with Crippen LogP contribution in [0.1, 0.15) is 408 Å². The van der Waals surface area contributed by atoms with Crippen molar-refractivity contribution in [3.8, 4) is 0 Å². The Balaban J connectivity index is 5.20. The van der Waals surface area contributed by atoms with Crippen LogP contribution in [0.5, 0.6) is 0 Å². The van der Waals surface area contributed by atoms with Gasteiger partial charge in [-0.15, -0.1) is 0 Å². The molecule has 0 saturated heterocycles. The lowest BCUT2D eigenvalue weighted by atomic mass is 10.0. The van der Waals surface area contributed by atoms with Crippen molar-refractivity contribution >= 4 is 39.5 Å². The molecule has 0 aliphatic carbocycles. The van der Waals surface area contributed by atoms with Crippen LogP contribution in [0.3, 0.4) is 0 Å². The summed E-state index contributed by atoms with van der Waals surface area (Å²) in [4.78, 5) is 72.8. The third kappa shape index (κ3) is 72.2.